The molecule has 0 aliphatic carbocycles. The zero-order valence-corrected chi connectivity index (χ0v) is 16.4. The third-order valence-electron chi connectivity index (χ3n) is 3.59. The van der Waals surface area contributed by atoms with E-state index in [9.17, 15) is 13.2 Å². The van der Waals surface area contributed by atoms with Gasteiger partial charge in [0.25, 0.3) is 5.91 Å². The van der Waals surface area contributed by atoms with Gasteiger partial charge in [0.05, 0.1) is 7.11 Å². The predicted octanol–water partition coefficient (Wildman–Crippen LogP) is 3.25. The fourth-order valence-electron chi connectivity index (χ4n) is 2.65. The number of nitrogens with one attached hydrogen (secondary N) is 2. The zero-order valence-electron chi connectivity index (χ0n) is 15.6. The van der Waals surface area contributed by atoms with Crippen LogP contribution in [-0.2, 0) is 10.0 Å². The van der Waals surface area contributed by atoms with E-state index in [1.807, 2.05) is 32.0 Å². The molecular formula is C19H24N2O4S. The van der Waals surface area contributed by atoms with Crippen molar-refractivity contribution in [2.75, 3.05) is 12.4 Å². The van der Waals surface area contributed by atoms with E-state index in [1.54, 1.807) is 13.8 Å². The molecule has 1 amide bonds. The Morgan fingerprint density at radius 2 is 1.65 bits per heavy atom. The second-order valence-electron chi connectivity index (χ2n) is 6.47. The maximum absolute atomic E-state index is 12.6. The van der Waals surface area contributed by atoms with E-state index >= 15 is 0 Å². The Bertz CT molecular complexity index is 901. The van der Waals surface area contributed by atoms with Gasteiger partial charge in [0.2, 0.25) is 10.0 Å². The summed E-state index contributed by atoms with van der Waals surface area (Å²) in [4.78, 5) is 12.5. The highest BCUT2D eigenvalue weighted by Gasteiger charge is 2.22. The Kier molecular flexibility index (Phi) is 6.05. The van der Waals surface area contributed by atoms with Crippen molar-refractivity contribution in [1.29, 1.82) is 0 Å². The van der Waals surface area contributed by atoms with Gasteiger partial charge in [0.1, 0.15) is 10.6 Å². The van der Waals surface area contributed by atoms with Crippen LogP contribution in [0.5, 0.6) is 5.75 Å². The Morgan fingerprint density at radius 1 is 1.04 bits per heavy atom. The summed E-state index contributed by atoms with van der Waals surface area (Å²) in [5, 5.41) is 2.80. The molecule has 0 fully saturated rings. The summed E-state index contributed by atoms with van der Waals surface area (Å²) in [6.45, 7) is 7.33. The Morgan fingerprint density at radius 3 is 2.19 bits per heavy atom. The van der Waals surface area contributed by atoms with Gasteiger partial charge in [-0.2, -0.15) is 0 Å². The summed E-state index contributed by atoms with van der Waals surface area (Å²) in [5.74, 6) is -0.209. The van der Waals surface area contributed by atoms with Gasteiger partial charge < -0.3 is 10.1 Å². The number of ether oxygens (including phenoxy) is 1. The van der Waals surface area contributed by atoms with E-state index in [0.29, 0.717) is 5.69 Å². The van der Waals surface area contributed by atoms with Crippen LogP contribution >= 0.6 is 0 Å². The normalized spacial score (nSPS) is 11.5. The molecule has 6 nitrogen and oxygen atoms in total. The van der Waals surface area contributed by atoms with Gasteiger partial charge >= 0.3 is 0 Å². The first-order valence-electron chi connectivity index (χ1n) is 8.22. The molecule has 0 aliphatic heterocycles. The van der Waals surface area contributed by atoms with E-state index < -0.39 is 15.9 Å². The van der Waals surface area contributed by atoms with Crippen molar-refractivity contribution in [3.8, 4) is 5.75 Å². The van der Waals surface area contributed by atoms with Gasteiger partial charge in [0.15, 0.2) is 0 Å². The second-order valence-corrected chi connectivity index (χ2v) is 8.15. The number of hydrogen-bond donors (Lipinski definition) is 2. The smallest absolute Gasteiger partial charge is 0.255 e. The number of carbonyl (C=O) groups excluding carboxylic acids is 1. The molecule has 2 aromatic rings. The minimum Gasteiger partial charge on any atom is -0.495 e. The largest absolute Gasteiger partial charge is 0.495 e. The zero-order chi connectivity index (χ0) is 19.5. The molecule has 2 N–H and O–H groups in total. The Hall–Kier alpha value is -2.38. The minimum absolute atomic E-state index is 0.0678. The highest BCUT2D eigenvalue weighted by molar-refractivity contribution is 7.89. The summed E-state index contributed by atoms with van der Waals surface area (Å²) in [6.07, 6.45) is 0. The molecule has 7 heteroatoms. The van der Waals surface area contributed by atoms with E-state index in [4.69, 9.17) is 4.74 Å². The van der Waals surface area contributed by atoms with E-state index in [-0.39, 0.29) is 22.3 Å². The lowest BCUT2D eigenvalue weighted by Gasteiger charge is -2.14. The first kappa shape index (κ1) is 19.9. The highest BCUT2D eigenvalue weighted by Crippen LogP contribution is 2.26. The fraction of sp³-hybridized carbons (Fsp3) is 0.316. The van der Waals surface area contributed by atoms with Gasteiger partial charge in [0, 0.05) is 17.3 Å². The molecule has 140 valence electrons. The van der Waals surface area contributed by atoms with Gasteiger partial charge in [-0.3, -0.25) is 4.79 Å². The van der Waals surface area contributed by atoms with Crippen LogP contribution in [0.4, 0.5) is 5.69 Å². The molecular weight excluding hydrogens is 352 g/mol. The van der Waals surface area contributed by atoms with Crippen LogP contribution in [0.1, 0.15) is 35.3 Å². The third kappa shape index (κ3) is 4.83. The van der Waals surface area contributed by atoms with Crippen LogP contribution in [0, 0.1) is 13.8 Å². The molecule has 0 unspecified atom stereocenters. The van der Waals surface area contributed by atoms with Crippen molar-refractivity contribution >= 4 is 21.6 Å². The average Bonchev–Trinajstić information content (AvgIpc) is 2.52. The molecule has 0 saturated carbocycles. The number of sulfonamides is 1. The van der Waals surface area contributed by atoms with E-state index in [0.717, 1.165) is 11.1 Å². The van der Waals surface area contributed by atoms with Crippen molar-refractivity contribution in [3.05, 3.63) is 53.1 Å². The number of carbonyl (C=O) groups is 1. The maximum Gasteiger partial charge on any atom is 0.255 e. The molecule has 0 heterocycles. The SMILES string of the molecule is COc1ccc(C(=O)Nc2cc(C)cc(C)c2)cc1S(=O)(=O)NC(C)C. The van der Waals surface area contributed by atoms with Gasteiger partial charge in [-0.1, -0.05) is 6.07 Å². The molecule has 0 saturated heterocycles. The molecule has 0 aromatic heterocycles. The standard InChI is InChI=1S/C19H24N2O4S/c1-12(2)21-26(23,24)18-11-15(6-7-17(18)25-5)19(22)20-16-9-13(3)8-14(4)10-16/h6-12,21H,1-5H3,(H,20,22). The fourth-order valence-corrected chi connectivity index (χ4v) is 4.10. The molecule has 0 spiro atoms. The molecule has 26 heavy (non-hydrogen) atoms. The summed E-state index contributed by atoms with van der Waals surface area (Å²) < 4.78 is 32.7. The van der Waals surface area contributed by atoms with Crippen LogP contribution in [-0.4, -0.2) is 27.5 Å². The van der Waals surface area contributed by atoms with Crippen molar-refractivity contribution in [2.45, 2.75) is 38.6 Å². The number of benzene rings is 2. The van der Waals surface area contributed by atoms with Crippen molar-refractivity contribution in [3.63, 3.8) is 0 Å². The summed E-state index contributed by atoms with van der Waals surface area (Å²) in [6, 6.07) is 9.76. The molecule has 0 atom stereocenters. The summed E-state index contributed by atoms with van der Waals surface area (Å²) >= 11 is 0. The molecule has 2 aromatic carbocycles. The predicted molar refractivity (Wildman–Crippen MR) is 102 cm³/mol. The maximum atomic E-state index is 12.6. The topological polar surface area (TPSA) is 84.5 Å². The first-order chi connectivity index (χ1) is 12.1. The quantitative estimate of drug-likeness (QED) is 0.810. The van der Waals surface area contributed by atoms with Crippen LogP contribution in [0.15, 0.2) is 41.3 Å². The number of hydrogen-bond acceptors (Lipinski definition) is 4. The van der Waals surface area contributed by atoms with E-state index in [2.05, 4.69) is 10.0 Å². The van der Waals surface area contributed by atoms with Crippen molar-refractivity contribution in [1.82, 2.24) is 4.72 Å². The lowest BCUT2D eigenvalue weighted by atomic mass is 10.1. The average molecular weight is 376 g/mol. The molecule has 2 rings (SSSR count). The van der Waals surface area contributed by atoms with Crippen molar-refractivity contribution < 1.29 is 17.9 Å². The number of aryl methyl sites for hydroxylation is 2. The van der Waals surface area contributed by atoms with Crippen LogP contribution in [0.3, 0.4) is 0 Å². The minimum atomic E-state index is -3.80. The van der Waals surface area contributed by atoms with Crippen molar-refractivity contribution in [2.24, 2.45) is 0 Å². The molecule has 0 radical (unpaired) electrons. The number of rotatable bonds is 6. The number of methoxy groups -OCH3 is 1. The van der Waals surface area contributed by atoms with Crippen LogP contribution in [0.2, 0.25) is 0 Å². The van der Waals surface area contributed by atoms with Gasteiger partial charge in [-0.15, -0.1) is 0 Å². The lowest BCUT2D eigenvalue weighted by molar-refractivity contribution is 0.102. The first-order valence-corrected chi connectivity index (χ1v) is 9.70. The Balaban J connectivity index is 2.38. The second kappa shape index (κ2) is 7.88. The number of amides is 1. The molecule has 0 bridgehead atoms. The lowest BCUT2D eigenvalue weighted by Crippen LogP contribution is -2.30. The van der Waals surface area contributed by atoms with E-state index in [1.165, 1.54) is 25.3 Å². The Labute approximate surface area is 154 Å². The van der Waals surface area contributed by atoms with Crippen LogP contribution < -0.4 is 14.8 Å². The highest BCUT2D eigenvalue weighted by atomic mass is 32.2. The molecule has 0 aliphatic rings. The summed E-state index contributed by atoms with van der Waals surface area (Å²) in [5.41, 5.74) is 2.95. The van der Waals surface area contributed by atoms with Crippen LogP contribution in [0.25, 0.3) is 0 Å². The summed E-state index contributed by atoms with van der Waals surface area (Å²) in [7, 11) is -2.41. The third-order valence-corrected chi connectivity index (χ3v) is 5.27. The monoisotopic (exact) mass is 376 g/mol. The van der Waals surface area contributed by atoms with Gasteiger partial charge in [-0.25, -0.2) is 13.1 Å². The number of anilines is 1. The van der Waals surface area contributed by atoms with Gasteiger partial charge in [-0.05, 0) is 69.2 Å².